The average molecular weight is 295 g/mol. The van der Waals surface area contributed by atoms with E-state index in [9.17, 15) is 0 Å². The van der Waals surface area contributed by atoms with Gasteiger partial charge in [-0.05, 0) is 49.4 Å². The molecule has 3 heteroatoms. The third-order valence-corrected chi connectivity index (χ3v) is 4.88. The first-order valence-corrected chi connectivity index (χ1v) is 10.6. The van der Waals surface area contributed by atoms with Crippen molar-refractivity contribution in [2.45, 2.75) is 59.5 Å². The Morgan fingerprint density at radius 1 is 1.05 bits per heavy atom. The number of rotatable bonds is 8. The molecule has 0 aliphatic heterocycles. The highest BCUT2D eigenvalue weighted by Gasteiger charge is 2.27. The molecule has 0 aromatic heterocycles. The molecule has 0 aliphatic carbocycles. The first-order chi connectivity index (χ1) is 9.32. The Labute approximate surface area is 125 Å². The number of para-hydroxylation sites is 1. The van der Waals surface area contributed by atoms with Crippen molar-refractivity contribution in [3.63, 3.8) is 0 Å². The zero-order valence-corrected chi connectivity index (χ0v) is 14.9. The maximum atomic E-state index is 6.22. The van der Waals surface area contributed by atoms with E-state index in [0.717, 1.165) is 24.7 Å². The van der Waals surface area contributed by atoms with E-state index in [1.807, 2.05) is 6.07 Å². The lowest BCUT2D eigenvalue weighted by atomic mass is 10.0. The molecule has 0 atom stereocenters. The quantitative estimate of drug-likeness (QED) is 0.475. The minimum absolute atomic E-state index is 0.469. The van der Waals surface area contributed by atoms with E-state index in [0.29, 0.717) is 5.92 Å². The third kappa shape index (κ3) is 6.10. The monoisotopic (exact) mass is 294 g/mol. The van der Waals surface area contributed by atoms with Gasteiger partial charge in [-0.1, -0.05) is 45.9 Å². The summed E-state index contributed by atoms with van der Waals surface area (Å²) in [5.41, 5.74) is 1.26. The van der Waals surface area contributed by atoms with E-state index in [-0.39, 0.29) is 0 Å². The minimum atomic E-state index is -2.09. The number of hydrogen-bond donors (Lipinski definition) is 0. The second-order valence-electron chi connectivity index (χ2n) is 6.58. The van der Waals surface area contributed by atoms with Gasteiger partial charge < -0.3 is 8.85 Å². The molecular weight excluding hydrogens is 264 g/mol. The van der Waals surface area contributed by atoms with Crippen LogP contribution in [0.3, 0.4) is 0 Å². The molecule has 2 nitrogen and oxygen atoms in total. The lowest BCUT2D eigenvalue weighted by Crippen LogP contribution is -2.39. The summed E-state index contributed by atoms with van der Waals surface area (Å²) in [5, 5.41) is 0. The molecule has 0 radical (unpaired) electrons. The first kappa shape index (κ1) is 17.2. The van der Waals surface area contributed by atoms with Crippen molar-refractivity contribution < 1.29 is 8.85 Å². The van der Waals surface area contributed by atoms with Crippen molar-refractivity contribution in [2.24, 2.45) is 5.92 Å². The maximum absolute atomic E-state index is 6.22. The van der Waals surface area contributed by atoms with Crippen LogP contribution in [0, 0.1) is 5.92 Å². The normalized spacial score (nSPS) is 12.2. The molecule has 0 spiro atoms. The van der Waals surface area contributed by atoms with Crippen LogP contribution in [0.25, 0.3) is 0 Å². The highest BCUT2D eigenvalue weighted by Crippen LogP contribution is 2.28. The van der Waals surface area contributed by atoms with E-state index >= 15 is 0 Å². The average Bonchev–Trinajstić information content (AvgIpc) is 2.34. The number of hydrogen-bond acceptors (Lipinski definition) is 2. The largest absolute Gasteiger partial charge is 0.520 e. The molecule has 114 valence electrons. The molecule has 0 saturated carbocycles. The van der Waals surface area contributed by atoms with E-state index < -0.39 is 8.56 Å². The van der Waals surface area contributed by atoms with Crippen molar-refractivity contribution in [1.29, 1.82) is 0 Å². The summed E-state index contributed by atoms with van der Waals surface area (Å²) < 4.78 is 12.3. The minimum Gasteiger partial charge on any atom is -0.520 e. The SMILES string of the molecule is CC(C)CCCO[Si](C)(C)Oc1ccccc1C(C)C. The Bertz CT molecular complexity index is 400. The fourth-order valence-corrected chi connectivity index (χ4v) is 3.56. The summed E-state index contributed by atoms with van der Waals surface area (Å²) in [6.07, 6.45) is 2.33. The van der Waals surface area contributed by atoms with Crippen LogP contribution in [0.2, 0.25) is 13.1 Å². The molecule has 0 N–H and O–H groups in total. The standard InChI is InChI=1S/C17H30O2Si/c1-14(2)10-9-13-18-20(5,6)19-17-12-8-7-11-16(17)15(3)4/h7-8,11-12,14-15H,9-10,13H2,1-6H3. The molecule has 0 heterocycles. The summed E-state index contributed by atoms with van der Waals surface area (Å²) >= 11 is 0. The lowest BCUT2D eigenvalue weighted by Gasteiger charge is -2.26. The third-order valence-electron chi connectivity index (χ3n) is 3.27. The predicted molar refractivity (Wildman–Crippen MR) is 88.7 cm³/mol. The molecule has 1 rings (SSSR count). The molecule has 1 aromatic rings. The van der Waals surface area contributed by atoms with E-state index in [2.05, 4.69) is 59.0 Å². The zero-order valence-electron chi connectivity index (χ0n) is 13.9. The van der Waals surface area contributed by atoms with Gasteiger partial charge in [-0.15, -0.1) is 0 Å². The van der Waals surface area contributed by atoms with E-state index in [1.165, 1.54) is 12.0 Å². The van der Waals surface area contributed by atoms with Crippen LogP contribution in [-0.4, -0.2) is 15.2 Å². The van der Waals surface area contributed by atoms with Gasteiger partial charge in [0.25, 0.3) is 0 Å². The Kier molecular flexibility index (Phi) is 6.76. The Morgan fingerprint density at radius 3 is 2.30 bits per heavy atom. The molecule has 1 aromatic carbocycles. The van der Waals surface area contributed by atoms with Gasteiger partial charge in [0, 0.05) is 6.61 Å². The van der Waals surface area contributed by atoms with Gasteiger partial charge in [0.15, 0.2) is 0 Å². The molecule has 0 aliphatic rings. The maximum Gasteiger partial charge on any atom is 0.392 e. The van der Waals surface area contributed by atoms with Gasteiger partial charge in [-0.3, -0.25) is 0 Å². The van der Waals surface area contributed by atoms with Gasteiger partial charge in [0.05, 0.1) is 0 Å². The summed E-state index contributed by atoms with van der Waals surface area (Å²) in [6, 6.07) is 8.30. The van der Waals surface area contributed by atoms with Gasteiger partial charge in [0.1, 0.15) is 5.75 Å². The summed E-state index contributed by atoms with van der Waals surface area (Å²) in [4.78, 5) is 0. The van der Waals surface area contributed by atoms with Gasteiger partial charge in [-0.25, -0.2) is 0 Å². The van der Waals surface area contributed by atoms with Crippen LogP contribution in [0.5, 0.6) is 5.75 Å². The summed E-state index contributed by atoms with van der Waals surface area (Å²) in [6.45, 7) is 13.9. The summed E-state index contributed by atoms with van der Waals surface area (Å²) in [5.74, 6) is 2.20. The van der Waals surface area contributed by atoms with Gasteiger partial charge in [-0.2, -0.15) is 0 Å². The van der Waals surface area contributed by atoms with E-state index in [4.69, 9.17) is 8.85 Å². The van der Waals surface area contributed by atoms with E-state index in [1.54, 1.807) is 0 Å². The van der Waals surface area contributed by atoms with Crippen LogP contribution in [0.15, 0.2) is 24.3 Å². The van der Waals surface area contributed by atoms with Crippen molar-refractivity contribution in [3.05, 3.63) is 29.8 Å². The highest BCUT2D eigenvalue weighted by atomic mass is 28.4. The zero-order chi connectivity index (χ0) is 15.2. The Morgan fingerprint density at radius 2 is 1.70 bits per heavy atom. The highest BCUT2D eigenvalue weighted by molar-refractivity contribution is 6.65. The Balaban J connectivity index is 2.57. The lowest BCUT2D eigenvalue weighted by molar-refractivity contribution is 0.236. The molecule has 0 amide bonds. The van der Waals surface area contributed by atoms with Crippen LogP contribution < -0.4 is 4.43 Å². The first-order valence-electron chi connectivity index (χ1n) is 7.73. The van der Waals surface area contributed by atoms with Crippen molar-refractivity contribution >= 4 is 8.56 Å². The smallest absolute Gasteiger partial charge is 0.392 e. The fourth-order valence-electron chi connectivity index (χ4n) is 2.15. The molecule has 0 bridgehead atoms. The van der Waals surface area contributed by atoms with Crippen LogP contribution in [0.4, 0.5) is 0 Å². The van der Waals surface area contributed by atoms with Gasteiger partial charge >= 0.3 is 8.56 Å². The predicted octanol–water partition coefficient (Wildman–Crippen LogP) is 5.34. The van der Waals surface area contributed by atoms with Crippen LogP contribution in [0.1, 0.15) is 52.0 Å². The fraction of sp³-hybridized carbons (Fsp3) is 0.647. The molecule has 0 unspecified atom stereocenters. The second-order valence-corrected chi connectivity index (χ2v) is 9.87. The topological polar surface area (TPSA) is 18.5 Å². The molecular formula is C17H30O2Si. The van der Waals surface area contributed by atoms with Crippen LogP contribution >= 0.6 is 0 Å². The van der Waals surface area contributed by atoms with Gasteiger partial charge in [0.2, 0.25) is 0 Å². The van der Waals surface area contributed by atoms with Crippen molar-refractivity contribution in [1.82, 2.24) is 0 Å². The van der Waals surface area contributed by atoms with Crippen molar-refractivity contribution in [2.75, 3.05) is 6.61 Å². The molecule has 0 saturated heterocycles. The number of benzene rings is 1. The van der Waals surface area contributed by atoms with Crippen LogP contribution in [-0.2, 0) is 4.43 Å². The summed E-state index contributed by atoms with van der Waals surface area (Å²) in [7, 11) is -2.09. The Hall–Kier alpha value is -0.803. The van der Waals surface area contributed by atoms with Crippen molar-refractivity contribution in [3.8, 4) is 5.75 Å². The second kappa shape index (κ2) is 7.84. The molecule has 20 heavy (non-hydrogen) atoms. The molecule has 0 fully saturated rings.